The van der Waals surface area contributed by atoms with Crippen molar-refractivity contribution in [2.45, 2.75) is 6.18 Å². The summed E-state index contributed by atoms with van der Waals surface area (Å²) < 4.78 is 37.6. The van der Waals surface area contributed by atoms with Crippen LogP contribution < -0.4 is 5.43 Å². The van der Waals surface area contributed by atoms with Crippen molar-refractivity contribution >= 4 is 17.9 Å². The first kappa shape index (κ1) is 15.6. The summed E-state index contributed by atoms with van der Waals surface area (Å²) in [6, 6.07) is 10.6. The zero-order valence-corrected chi connectivity index (χ0v) is 11.1. The summed E-state index contributed by atoms with van der Waals surface area (Å²) in [6.45, 7) is 0. The molecule has 0 aromatic heterocycles. The molecule has 0 radical (unpaired) electrons. The summed E-state index contributed by atoms with van der Waals surface area (Å²) in [5.74, 6) is -1.04. The van der Waals surface area contributed by atoms with Crippen molar-refractivity contribution in [3.63, 3.8) is 0 Å². The average molecular weight is 308 g/mol. The molecule has 2 aromatic carbocycles. The molecule has 0 unspecified atom stereocenters. The lowest BCUT2D eigenvalue weighted by atomic mass is 10.1. The molecule has 0 atom stereocenters. The van der Waals surface area contributed by atoms with E-state index in [9.17, 15) is 18.0 Å². The van der Waals surface area contributed by atoms with Crippen LogP contribution in [0.4, 0.5) is 18.9 Å². The molecule has 4 nitrogen and oxygen atoms in total. The van der Waals surface area contributed by atoms with Crippen LogP contribution in [0, 0.1) is 0 Å². The normalized spacial score (nSPS) is 11.6. The largest absolute Gasteiger partial charge is 0.478 e. The van der Waals surface area contributed by atoms with Gasteiger partial charge in [-0.15, -0.1) is 0 Å². The van der Waals surface area contributed by atoms with E-state index in [-0.39, 0.29) is 5.56 Å². The molecule has 0 aliphatic carbocycles. The maximum atomic E-state index is 12.5. The Bertz CT molecular complexity index is 695. The molecule has 0 saturated carbocycles. The van der Waals surface area contributed by atoms with Crippen LogP contribution in [0.5, 0.6) is 0 Å². The number of hydrogen-bond donors (Lipinski definition) is 2. The fourth-order valence-corrected chi connectivity index (χ4v) is 1.66. The molecule has 0 spiro atoms. The van der Waals surface area contributed by atoms with Crippen molar-refractivity contribution in [1.29, 1.82) is 0 Å². The Morgan fingerprint density at radius 1 is 1.14 bits per heavy atom. The number of rotatable bonds is 4. The Morgan fingerprint density at radius 2 is 1.82 bits per heavy atom. The highest BCUT2D eigenvalue weighted by Gasteiger charge is 2.30. The average Bonchev–Trinajstić information content (AvgIpc) is 2.47. The van der Waals surface area contributed by atoms with E-state index in [0.29, 0.717) is 11.3 Å². The number of nitrogens with zero attached hydrogens (tertiary/aromatic N) is 1. The first-order valence-corrected chi connectivity index (χ1v) is 6.16. The van der Waals surface area contributed by atoms with Crippen LogP contribution in [0.25, 0.3) is 0 Å². The van der Waals surface area contributed by atoms with E-state index in [2.05, 4.69) is 10.5 Å². The third-order valence-corrected chi connectivity index (χ3v) is 2.75. The van der Waals surface area contributed by atoms with Crippen LogP contribution in [0.15, 0.2) is 53.6 Å². The van der Waals surface area contributed by atoms with Gasteiger partial charge in [0.1, 0.15) is 0 Å². The third-order valence-electron chi connectivity index (χ3n) is 2.75. The number of benzene rings is 2. The summed E-state index contributed by atoms with van der Waals surface area (Å²) >= 11 is 0. The second-order valence-electron chi connectivity index (χ2n) is 4.38. The monoisotopic (exact) mass is 308 g/mol. The second-order valence-corrected chi connectivity index (χ2v) is 4.38. The Labute approximate surface area is 123 Å². The van der Waals surface area contributed by atoms with Crippen LogP contribution in [-0.2, 0) is 6.18 Å². The lowest BCUT2D eigenvalue weighted by molar-refractivity contribution is -0.137. The number of halogens is 3. The molecule has 2 rings (SSSR count). The molecule has 22 heavy (non-hydrogen) atoms. The molecule has 2 aromatic rings. The van der Waals surface area contributed by atoms with Crippen LogP contribution in [-0.4, -0.2) is 17.3 Å². The van der Waals surface area contributed by atoms with Gasteiger partial charge in [0.05, 0.1) is 23.0 Å². The maximum absolute atomic E-state index is 12.5. The minimum absolute atomic E-state index is 0.132. The predicted octanol–water partition coefficient (Wildman–Crippen LogP) is 3.85. The van der Waals surface area contributed by atoms with Crippen LogP contribution in [0.1, 0.15) is 21.5 Å². The first-order valence-electron chi connectivity index (χ1n) is 6.16. The minimum atomic E-state index is -4.40. The minimum Gasteiger partial charge on any atom is -0.478 e. The molecule has 114 valence electrons. The van der Waals surface area contributed by atoms with E-state index in [4.69, 9.17) is 5.11 Å². The Hall–Kier alpha value is -2.83. The summed E-state index contributed by atoms with van der Waals surface area (Å²) in [7, 11) is 0. The van der Waals surface area contributed by atoms with E-state index in [1.165, 1.54) is 42.6 Å². The fraction of sp³-hybridized carbons (Fsp3) is 0.0667. The number of aromatic carboxylic acids is 1. The van der Waals surface area contributed by atoms with Crippen molar-refractivity contribution < 1.29 is 23.1 Å². The van der Waals surface area contributed by atoms with Crippen LogP contribution >= 0.6 is 0 Å². The summed E-state index contributed by atoms with van der Waals surface area (Å²) in [5.41, 5.74) is 2.81. The summed E-state index contributed by atoms with van der Waals surface area (Å²) in [5, 5.41) is 12.6. The number of nitrogens with one attached hydrogen (secondary N) is 1. The number of carboxylic acid groups (broad SMARTS) is 1. The lowest BCUT2D eigenvalue weighted by Crippen LogP contribution is -2.05. The summed E-state index contributed by atoms with van der Waals surface area (Å²) in [4.78, 5) is 10.7. The molecular weight excluding hydrogens is 297 g/mol. The highest BCUT2D eigenvalue weighted by atomic mass is 19.4. The molecule has 2 N–H and O–H groups in total. The van der Waals surface area contributed by atoms with Gasteiger partial charge in [-0.3, -0.25) is 5.43 Å². The van der Waals surface area contributed by atoms with Gasteiger partial charge in [-0.2, -0.15) is 18.3 Å². The van der Waals surface area contributed by atoms with Gasteiger partial charge in [0, 0.05) is 0 Å². The molecular formula is C15H11F3N2O2. The number of anilines is 1. The second kappa shape index (κ2) is 6.30. The molecule has 0 saturated heterocycles. The van der Waals surface area contributed by atoms with Gasteiger partial charge in [0.2, 0.25) is 0 Å². The SMILES string of the molecule is O=C(O)c1ccc(NN=Cc2cccc(C(F)(F)F)c2)cc1. The number of carboxylic acids is 1. The van der Waals surface area contributed by atoms with E-state index in [1.807, 2.05) is 0 Å². The van der Waals surface area contributed by atoms with Crippen molar-refractivity contribution in [2.75, 3.05) is 5.43 Å². The number of hydrazone groups is 1. The first-order chi connectivity index (χ1) is 10.4. The summed E-state index contributed by atoms with van der Waals surface area (Å²) in [6.07, 6.45) is -3.15. The smallest absolute Gasteiger partial charge is 0.416 e. The van der Waals surface area contributed by atoms with Gasteiger partial charge < -0.3 is 5.11 Å². The predicted molar refractivity (Wildman–Crippen MR) is 76.1 cm³/mol. The van der Waals surface area contributed by atoms with E-state index in [0.717, 1.165) is 12.1 Å². The number of hydrogen-bond acceptors (Lipinski definition) is 3. The Balaban J connectivity index is 2.05. The van der Waals surface area contributed by atoms with Crippen molar-refractivity contribution in [1.82, 2.24) is 0 Å². The number of alkyl halides is 3. The zero-order valence-electron chi connectivity index (χ0n) is 11.1. The van der Waals surface area contributed by atoms with Gasteiger partial charge in [-0.1, -0.05) is 12.1 Å². The van der Waals surface area contributed by atoms with Gasteiger partial charge in [0.15, 0.2) is 0 Å². The van der Waals surface area contributed by atoms with E-state index in [1.54, 1.807) is 0 Å². The molecule has 0 aliphatic rings. The standard InChI is InChI=1S/C15H11F3N2O2/c16-15(17,18)12-3-1-2-10(8-12)9-19-20-13-6-4-11(5-7-13)14(21)22/h1-9,20H,(H,21,22). The van der Waals surface area contributed by atoms with Gasteiger partial charge in [0.25, 0.3) is 0 Å². The maximum Gasteiger partial charge on any atom is 0.416 e. The van der Waals surface area contributed by atoms with Crippen molar-refractivity contribution in [3.8, 4) is 0 Å². The Kier molecular flexibility index (Phi) is 4.45. The third kappa shape index (κ3) is 4.08. The molecule has 7 heteroatoms. The molecule has 0 heterocycles. The van der Waals surface area contributed by atoms with Crippen LogP contribution in [0.3, 0.4) is 0 Å². The van der Waals surface area contributed by atoms with Gasteiger partial charge in [-0.05, 0) is 42.0 Å². The topological polar surface area (TPSA) is 61.7 Å². The lowest BCUT2D eigenvalue weighted by Gasteiger charge is -2.06. The molecule has 0 fully saturated rings. The van der Waals surface area contributed by atoms with Crippen molar-refractivity contribution in [2.24, 2.45) is 5.10 Å². The molecule has 0 bridgehead atoms. The highest BCUT2D eigenvalue weighted by molar-refractivity contribution is 5.88. The van der Waals surface area contributed by atoms with E-state index < -0.39 is 17.7 Å². The van der Waals surface area contributed by atoms with Gasteiger partial charge >= 0.3 is 12.1 Å². The van der Waals surface area contributed by atoms with Gasteiger partial charge in [-0.25, -0.2) is 4.79 Å². The quantitative estimate of drug-likeness (QED) is 0.666. The highest BCUT2D eigenvalue weighted by Crippen LogP contribution is 2.29. The number of carbonyl (C=O) groups is 1. The zero-order chi connectivity index (χ0) is 16.2. The molecule has 0 amide bonds. The van der Waals surface area contributed by atoms with Crippen molar-refractivity contribution in [3.05, 3.63) is 65.2 Å². The van der Waals surface area contributed by atoms with Crippen LogP contribution in [0.2, 0.25) is 0 Å². The fourth-order valence-electron chi connectivity index (χ4n) is 1.66. The van der Waals surface area contributed by atoms with E-state index >= 15 is 0 Å². The Morgan fingerprint density at radius 3 is 2.41 bits per heavy atom. The molecule has 0 aliphatic heterocycles.